The summed E-state index contributed by atoms with van der Waals surface area (Å²) in [5.74, 6) is -0.129. The third-order valence-corrected chi connectivity index (χ3v) is 1.62. The van der Waals surface area contributed by atoms with Crippen molar-refractivity contribution in [3.63, 3.8) is 0 Å². The highest BCUT2D eigenvalue weighted by Crippen LogP contribution is 2.17. The van der Waals surface area contributed by atoms with E-state index in [1.165, 1.54) is 13.2 Å². The highest BCUT2D eigenvalue weighted by Gasteiger charge is 2.02. The first-order valence-corrected chi connectivity index (χ1v) is 3.81. The lowest BCUT2D eigenvalue weighted by atomic mass is 10.2. The standard InChI is InChI=1S/C8H9ClFNO/c1-12-8-4-6(5-11-9)2-3-7(8)10/h2-4,11H,5H2,1H3. The van der Waals surface area contributed by atoms with Crippen LogP contribution in [-0.2, 0) is 6.54 Å². The first-order valence-electron chi connectivity index (χ1n) is 3.44. The Labute approximate surface area is 75.4 Å². The zero-order chi connectivity index (χ0) is 8.97. The molecule has 0 aliphatic rings. The molecule has 0 heterocycles. The van der Waals surface area contributed by atoms with Gasteiger partial charge in [-0.2, -0.15) is 0 Å². The van der Waals surface area contributed by atoms with Crippen LogP contribution in [0.25, 0.3) is 0 Å². The SMILES string of the molecule is COc1cc(CNCl)ccc1F. The van der Waals surface area contributed by atoms with Crippen LogP contribution >= 0.6 is 11.8 Å². The van der Waals surface area contributed by atoms with Crippen molar-refractivity contribution in [2.75, 3.05) is 7.11 Å². The predicted octanol–water partition coefficient (Wildman–Crippen LogP) is 2.08. The molecule has 1 N–H and O–H groups in total. The summed E-state index contributed by atoms with van der Waals surface area (Å²) < 4.78 is 17.6. The van der Waals surface area contributed by atoms with Crippen molar-refractivity contribution in [2.24, 2.45) is 0 Å². The highest BCUT2D eigenvalue weighted by molar-refractivity contribution is 6.13. The number of nitrogens with one attached hydrogen (secondary N) is 1. The number of hydrogen-bond acceptors (Lipinski definition) is 2. The molecule has 0 bridgehead atoms. The van der Waals surface area contributed by atoms with Gasteiger partial charge in [0, 0.05) is 6.54 Å². The van der Waals surface area contributed by atoms with Gasteiger partial charge in [-0.1, -0.05) is 6.07 Å². The quantitative estimate of drug-likeness (QED) is 0.736. The van der Waals surface area contributed by atoms with E-state index in [0.717, 1.165) is 5.56 Å². The number of methoxy groups -OCH3 is 1. The van der Waals surface area contributed by atoms with E-state index in [1.54, 1.807) is 12.1 Å². The van der Waals surface area contributed by atoms with E-state index in [1.807, 2.05) is 0 Å². The van der Waals surface area contributed by atoms with Crippen LogP contribution in [0.15, 0.2) is 18.2 Å². The Morgan fingerprint density at radius 2 is 2.33 bits per heavy atom. The van der Waals surface area contributed by atoms with E-state index in [4.69, 9.17) is 16.5 Å². The van der Waals surface area contributed by atoms with Crippen LogP contribution in [0.4, 0.5) is 4.39 Å². The summed E-state index contributed by atoms with van der Waals surface area (Å²) in [6.07, 6.45) is 0. The van der Waals surface area contributed by atoms with E-state index >= 15 is 0 Å². The molecule has 66 valence electrons. The molecule has 1 rings (SSSR count). The smallest absolute Gasteiger partial charge is 0.165 e. The van der Waals surface area contributed by atoms with Crippen LogP contribution in [0.3, 0.4) is 0 Å². The van der Waals surface area contributed by atoms with Gasteiger partial charge in [0.1, 0.15) is 0 Å². The van der Waals surface area contributed by atoms with Crippen LogP contribution in [-0.4, -0.2) is 7.11 Å². The molecule has 0 aromatic heterocycles. The minimum atomic E-state index is -0.365. The highest BCUT2D eigenvalue weighted by atomic mass is 35.5. The van der Waals surface area contributed by atoms with Gasteiger partial charge in [0.15, 0.2) is 11.6 Å². The Balaban J connectivity index is 2.89. The first-order chi connectivity index (χ1) is 5.77. The maximum atomic E-state index is 12.8. The summed E-state index contributed by atoms with van der Waals surface area (Å²) in [4.78, 5) is 2.45. The Morgan fingerprint density at radius 3 is 2.92 bits per heavy atom. The second-order valence-electron chi connectivity index (χ2n) is 2.28. The van der Waals surface area contributed by atoms with Gasteiger partial charge in [-0.05, 0) is 29.5 Å². The molecule has 4 heteroatoms. The Morgan fingerprint density at radius 1 is 1.58 bits per heavy atom. The monoisotopic (exact) mass is 189 g/mol. The van der Waals surface area contributed by atoms with Crippen LogP contribution in [0.5, 0.6) is 5.75 Å². The van der Waals surface area contributed by atoms with Gasteiger partial charge < -0.3 is 4.74 Å². The number of rotatable bonds is 3. The zero-order valence-electron chi connectivity index (χ0n) is 6.60. The first kappa shape index (κ1) is 9.29. The molecule has 0 saturated heterocycles. The molecule has 12 heavy (non-hydrogen) atoms. The molecule has 1 aromatic rings. The second kappa shape index (κ2) is 4.28. The fraction of sp³-hybridized carbons (Fsp3) is 0.250. The maximum Gasteiger partial charge on any atom is 0.165 e. The van der Waals surface area contributed by atoms with Crippen molar-refractivity contribution in [1.29, 1.82) is 0 Å². The van der Waals surface area contributed by atoms with Crippen molar-refractivity contribution in [1.82, 2.24) is 4.84 Å². The predicted molar refractivity (Wildman–Crippen MR) is 45.6 cm³/mol. The van der Waals surface area contributed by atoms with Gasteiger partial charge in [-0.15, -0.1) is 0 Å². The lowest BCUT2D eigenvalue weighted by Gasteiger charge is -2.03. The van der Waals surface area contributed by atoms with E-state index in [0.29, 0.717) is 6.54 Å². The second-order valence-corrected chi connectivity index (χ2v) is 2.55. The Bertz CT molecular complexity index is 267. The van der Waals surface area contributed by atoms with Gasteiger partial charge in [0.25, 0.3) is 0 Å². The van der Waals surface area contributed by atoms with Crippen molar-refractivity contribution in [3.8, 4) is 5.75 Å². The fourth-order valence-electron chi connectivity index (χ4n) is 0.891. The number of ether oxygens (including phenoxy) is 1. The maximum absolute atomic E-state index is 12.8. The largest absolute Gasteiger partial charge is 0.494 e. The van der Waals surface area contributed by atoms with E-state index in [9.17, 15) is 4.39 Å². The Hall–Kier alpha value is -0.800. The summed E-state index contributed by atoms with van der Waals surface area (Å²) in [5.41, 5.74) is 0.878. The molecule has 0 atom stereocenters. The van der Waals surface area contributed by atoms with Crippen LogP contribution in [0.1, 0.15) is 5.56 Å². The minimum Gasteiger partial charge on any atom is -0.494 e. The average Bonchev–Trinajstić information content (AvgIpc) is 2.09. The molecule has 0 aliphatic carbocycles. The molecule has 0 unspecified atom stereocenters. The lowest BCUT2D eigenvalue weighted by molar-refractivity contribution is 0.386. The molecular formula is C8H9ClFNO. The number of hydrogen-bond donors (Lipinski definition) is 1. The van der Waals surface area contributed by atoms with E-state index in [2.05, 4.69) is 4.84 Å². The minimum absolute atomic E-state index is 0.236. The van der Waals surface area contributed by atoms with Gasteiger partial charge in [0.2, 0.25) is 0 Å². The van der Waals surface area contributed by atoms with E-state index in [-0.39, 0.29) is 11.6 Å². The Kier molecular flexibility index (Phi) is 3.31. The number of halogens is 2. The van der Waals surface area contributed by atoms with Crippen LogP contribution < -0.4 is 9.57 Å². The van der Waals surface area contributed by atoms with Gasteiger partial charge in [-0.3, -0.25) is 0 Å². The molecule has 0 fully saturated rings. The van der Waals surface area contributed by atoms with Gasteiger partial charge in [-0.25, -0.2) is 9.23 Å². The molecule has 0 amide bonds. The van der Waals surface area contributed by atoms with Crippen molar-refractivity contribution in [2.45, 2.75) is 6.54 Å². The topological polar surface area (TPSA) is 21.3 Å². The molecule has 1 aromatic carbocycles. The molecule has 0 spiro atoms. The number of benzene rings is 1. The van der Waals surface area contributed by atoms with Gasteiger partial charge >= 0.3 is 0 Å². The molecular weight excluding hydrogens is 181 g/mol. The van der Waals surface area contributed by atoms with Gasteiger partial charge in [0.05, 0.1) is 7.11 Å². The van der Waals surface area contributed by atoms with E-state index < -0.39 is 0 Å². The third-order valence-electron chi connectivity index (χ3n) is 1.49. The summed E-state index contributed by atoms with van der Waals surface area (Å²) >= 11 is 5.29. The summed E-state index contributed by atoms with van der Waals surface area (Å²) in [7, 11) is 1.43. The average molecular weight is 190 g/mol. The fourth-order valence-corrected chi connectivity index (χ4v) is 1.05. The van der Waals surface area contributed by atoms with Crippen LogP contribution in [0, 0.1) is 5.82 Å². The van der Waals surface area contributed by atoms with Crippen LogP contribution in [0.2, 0.25) is 0 Å². The lowest BCUT2D eigenvalue weighted by Crippen LogP contribution is -1.99. The third kappa shape index (κ3) is 2.09. The zero-order valence-corrected chi connectivity index (χ0v) is 7.36. The van der Waals surface area contributed by atoms with Crippen molar-refractivity contribution in [3.05, 3.63) is 29.6 Å². The van der Waals surface area contributed by atoms with Crippen molar-refractivity contribution >= 4 is 11.8 Å². The normalized spacial score (nSPS) is 9.92. The molecule has 0 saturated carbocycles. The molecule has 0 aliphatic heterocycles. The summed E-state index contributed by atoms with van der Waals surface area (Å²) in [6.45, 7) is 0.484. The molecule has 2 nitrogen and oxygen atoms in total. The molecule has 0 radical (unpaired) electrons. The summed E-state index contributed by atoms with van der Waals surface area (Å²) in [6, 6.07) is 4.60. The summed E-state index contributed by atoms with van der Waals surface area (Å²) in [5, 5.41) is 0. The van der Waals surface area contributed by atoms with Crippen molar-refractivity contribution < 1.29 is 9.13 Å².